The van der Waals surface area contributed by atoms with Crippen molar-refractivity contribution in [2.45, 2.75) is 32.8 Å². The number of carbonyl (C=O) groups is 1. The van der Waals surface area contributed by atoms with Gasteiger partial charge in [-0.15, -0.1) is 0 Å². The molecule has 0 unspecified atom stereocenters. The summed E-state index contributed by atoms with van der Waals surface area (Å²) in [6.45, 7) is 1.85. The molecule has 0 saturated carbocycles. The van der Waals surface area contributed by atoms with Gasteiger partial charge in [0.2, 0.25) is 0 Å². The number of ether oxygens (including phenoxy) is 1. The molecule has 466 valence electrons. The van der Waals surface area contributed by atoms with Gasteiger partial charge in [0.1, 0.15) is 33.1 Å². The Labute approximate surface area is 523 Å². The predicted octanol–water partition coefficient (Wildman–Crippen LogP) is 11.5. The fraction of sp³-hybridized carbons (Fsp3) is 0.0484. The highest BCUT2D eigenvalue weighted by molar-refractivity contribution is 7.93. The van der Waals surface area contributed by atoms with E-state index in [-0.39, 0.29) is 31.7 Å². The second kappa shape index (κ2) is 27.7. The summed E-state index contributed by atoms with van der Waals surface area (Å²) in [5.74, 6) is -1.20. The third-order valence-electron chi connectivity index (χ3n) is 12.8. The molecular formula is C62H46F4N12O10S4. The van der Waals surface area contributed by atoms with E-state index in [0.29, 0.717) is 62.2 Å². The molecule has 0 spiro atoms. The van der Waals surface area contributed by atoms with Crippen molar-refractivity contribution >= 4 is 112 Å². The Morgan fingerprint density at radius 1 is 0.467 bits per heavy atom. The van der Waals surface area contributed by atoms with Crippen molar-refractivity contribution in [3.8, 4) is 6.07 Å². The molecule has 0 aliphatic rings. The highest BCUT2D eigenvalue weighted by Gasteiger charge is 2.33. The van der Waals surface area contributed by atoms with Crippen LogP contribution in [0.5, 0.6) is 0 Å². The number of nitriles is 1. The van der Waals surface area contributed by atoms with Crippen molar-refractivity contribution in [1.82, 2.24) is 34.9 Å². The highest BCUT2D eigenvalue weighted by atomic mass is 32.2. The average Bonchev–Trinajstić information content (AvgIpc) is 0.823. The molecule has 0 saturated heterocycles. The largest absolute Gasteiger partial charge is 0.465 e. The van der Waals surface area contributed by atoms with E-state index in [1.807, 2.05) is 43.3 Å². The number of fused-ring (bicyclic) bond motifs is 4. The number of nitrogens with one attached hydrogen (secondary N) is 4. The van der Waals surface area contributed by atoms with Crippen molar-refractivity contribution in [3.05, 3.63) is 248 Å². The zero-order valence-electron chi connectivity index (χ0n) is 47.6. The number of methoxy groups -OCH3 is 1. The van der Waals surface area contributed by atoms with Gasteiger partial charge in [0, 0.05) is 71.0 Å². The Morgan fingerprint density at radius 3 is 1.49 bits per heavy atom. The number of pyridine rings is 7. The number of aromatic nitrogens is 7. The summed E-state index contributed by atoms with van der Waals surface area (Å²) in [4.78, 5) is 38.9. The first-order valence-electron chi connectivity index (χ1n) is 26.5. The predicted molar refractivity (Wildman–Crippen MR) is 335 cm³/mol. The average molecular weight is 1320 g/mol. The second-order valence-corrected chi connectivity index (χ2v) is 25.8. The minimum absolute atomic E-state index is 0.0129. The summed E-state index contributed by atoms with van der Waals surface area (Å²) < 4.78 is 165. The van der Waals surface area contributed by atoms with Crippen molar-refractivity contribution in [2.75, 3.05) is 26.0 Å². The first kappa shape index (κ1) is 65.3. The van der Waals surface area contributed by atoms with E-state index in [9.17, 15) is 56.0 Å². The lowest BCUT2D eigenvalue weighted by atomic mass is 10.1. The molecule has 5 aromatic carbocycles. The molecule has 0 aliphatic carbocycles. The summed E-state index contributed by atoms with van der Waals surface area (Å²) >= 11 is 0. The van der Waals surface area contributed by atoms with E-state index >= 15 is 0 Å². The van der Waals surface area contributed by atoms with Gasteiger partial charge in [0.25, 0.3) is 40.1 Å². The molecule has 7 aromatic heterocycles. The molecular weight excluding hydrogens is 1280 g/mol. The zero-order valence-corrected chi connectivity index (χ0v) is 50.9. The van der Waals surface area contributed by atoms with E-state index in [1.165, 1.54) is 68.2 Å². The normalized spacial score (nSPS) is 11.5. The molecule has 4 N–H and O–H groups in total. The van der Waals surface area contributed by atoms with Crippen LogP contribution in [-0.2, 0) is 51.0 Å². The van der Waals surface area contributed by atoms with Gasteiger partial charge in [-0.05, 0) is 103 Å². The zero-order chi connectivity index (χ0) is 65.8. The van der Waals surface area contributed by atoms with Gasteiger partial charge in [-0.2, -0.15) is 26.9 Å². The summed E-state index contributed by atoms with van der Waals surface area (Å²) in [5, 5.41) is 11.3. The van der Waals surface area contributed by atoms with Crippen LogP contribution in [0.4, 0.5) is 40.3 Å². The van der Waals surface area contributed by atoms with Gasteiger partial charge in [-0.1, -0.05) is 78.9 Å². The number of hydrogen-bond donors (Lipinski definition) is 4. The summed E-state index contributed by atoms with van der Waals surface area (Å²) in [7, 11) is -14.2. The fourth-order valence-corrected chi connectivity index (χ4v) is 12.6. The fourth-order valence-electron chi connectivity index (χ4n) is 8.49. The SMILES string of the molecule is COC(=O)c1ccnc2c(NS(=O)(=O)c3ccccc3)cccc12.Cc1ccc(S(=O)(=O)Nc2cccc3cccnc23)nc1.N#Cc1ccc(S(=O)(=O)Nc2cccc3cccnc23)cn1.O=S(=O)(Nc1cc(F)cc2cccnc12)c1ccc(C(F)(F)F)nc1. The molecule has 22 nitrogen and oxygen atoms in total. The number of para-hydroxylation sites is 3. The van der Waals surface area contributed by atoms with E-state index in [1.54, 1.807) is 97.3 Å². The Morgan fingerprint density at radius 2 is 0.967 bits per heavy atom. The lowest BCUT2D eigenvalue weighted by Gasteiger charge is -2.11. The summed E-state index contributed by atoms with van der Waals surface area (Å²) in [6.07, 6.45) is 4.65. The molecule has 92 heavy (non-hydrogen) atoms. The van der Waals surface area contributed by atoms with Crippen LogP contribution >= 0.6 is 0 Å². The van der Waals surface area contributed by atoms with Gasteiger partial charge < -0.3 is 4.74 Å². The summed E-state index contributed by atoms with van der Waals surface area (Å²) in [5.41, 5.74) is 2.91. The molecule has 12 aromatic rings. The number of anilines is 4. The maximum absolute atomic E-state index is 13.7. The molecule has 7 heterocycles. The molecule has 0 amide bonds. The van der Waals surface area contributed by atoms with Gasteiger partial charge in [-0.25, -0.2) is 44.4 Å². The minimum atomic E-state index is -4.68. The third-order valence-corrected chi connectivity index (χ3v) is 18.2. The molecule has 0 fully saturated rings. The van der Waals surface area contributed by atoms with Gasteiger partial charge >= 0.3 is 12.1 Å². The molecule has 0 bridgehead atoms. The number of nitrogens with zero attached hydrogens (tertiary/aromatic N) is 8. The van der Waals surface area contributed by atoms with Crippen LogP contribution in [-0.4, -0.2) is 81.6 Å². The standard InChI is InChI=1S/C17H14N2O4S.C15H9F4N3O2S.C15H10N4O2S.C15H13N3O2S/c1-23-17(20)14-10-11-18-16-13(14)8-5-9-15(16)19-24(21,22)12-6-3-2-4-7-12;16-10-6-9-2-1-5-20-14(9)12(7-10)22-25(23,24)11-3-4-13(21-8-11)15(17,18)19;16-9-12-6-7-13(10-18-12)22(20,21)19-14-5-1-3-11-4-2-8-17-15(11)14;1-11-7-8-14(17-10-11)21(19,20)18-13-6-2-4-12-5-3-9-16-15(12)13/h2-11,19H,1H3;1-8,22H;1-8,10,19H;2-10,18H,1H3. The number of rotatable bonds is 13. The number of halogens is 4. The van der Waals surface area contributed by atoms with Crippen LogP contribution in [0.3, 0.4) is 0 Å². The quantitative estimate of drug-likeness (QED) is 0.0615. The number of hydrogen-bond acceptors (Lipinski definition) is 18. The number of sulfonamides is 4. The summed E-state index contributed by atoms with van der Waals surface area (Å²) in [6, 6.07) is 46.7. The number of carbonyl (C=O) groups excluding carboxylic acids is 1. The topological polar surface area (TPSA) is 325 Å². The molecule has 30 heteroatoms. The van der Waals surface area contributed by atoms with Crippen molar-refractivity contribution in [3.63, 3.8) is 0 Å². The van der Waals surface area contributed by atoms with Crippen molar-refractivity contribution in [2.24, 2.45) is 0 Å². The van der Waals surface area contributed by atoms with E-state index < -0.39 is 68.6 Å². The van der Waals surface area contributed by atoms with E-state index in [0.717, 1.165) is 34.7 Å². The Kier molecular flexibility index (Phi) is 19.7. The maximum atomic E-state index is 13.7. The number of benzene rings is 5. The lowest BCUT2D eigenvalue weighted by Crippen LogP contribution is -2.15. The van der Waals surface area contributed by atoms with Crippen LogP contribution in [0, 0.1) is 24.1 Å². The second-order valence-electron chi connectivity index (χ2n) is 19.1. The number of alkyl halides is 3. The van der Waals surface area contributed by atoms with Gasteiger partial charge in [0.05, 0.1) is 62.4 Å². The molecule has 12 rings (SSSR count). The first-order chi connectivity index (χ1) is 43.9. The molecule has 0 aliphatic heterocycles. The monoisotopic (exact) mass is 1320 g/mol. The number of esters is 1. The van der Waals surface area contributed by atoms with Gasteiger partial charge in [0.15, 0.2) is 5.03 Å². The van der Waals surface area contributed by atoms with Crippen LogP contribution < -0.4 is 18.9 Å². The maximum Gasteiger partial charge on any atom is 0.433 e. The lowest BCUT2D eigenvalue weighted by molar-refractivity contribution is -0.141. The van der Waals surface area contributed by atoms with Crippen LogP contribution in [0.2, 0.25) is 0 Å². The van der Waals surface area contributed by atoms with Gasteiger partial charge in [-0.3, -0.25) is 43.8 Å². The Bertz CT molecular complexity index is 5210. The molecule has 0 radical (unpaired) electrons. The Hall–Kier alpha value is -11.1. The highest BCUT2D eigenvalue weighted by Crippen LogP contribution is 2.31. The van der Waals surface area contributed by atoms with Crippen LogP contribution in [0.1, 0.15) is 27.3 Å². The molecule has 0 atom stereocenters. The first-order valence-corrected chi connectivity index (χ1v) is 32.5. The van der Waals surface area contributed by atoms with E-state index in [4.69, 9.17) is 10.00 Å². The van der Waals surface area contributed by atoms with Crippen LogP contribution in [0.15, 0.2) is 239 Å². The Balaban J connectivity index is 0.000000145. The minimum Gasteiger partial charge on any atom is -0.465 e. The van der Waals surface area contributed by atoms with E-state index in [2.05, 4.69) is 53.8 Å². The van der Waals surface area contributed by atoms with Crippen LogP contribution in [0.25, 0.3) is 43.6 Å². The number of aryl methyl sites for hydroxylation is 1. The third kappa shape index (κ3) is 15.8. The van der Waals surface area contributed by atoms with Crippen molar-refractivity contribution in [1.29, 1.82) is 5.26 Å². The van der Waals surface area contributed by atoms with Crippen molar-refractivity contribution < 1.29 is 60.8 Å². The smallest absolute Gasteiger partial charge is 0.433 e.